The summed E-state index contributed by atoms with van der Waals surface area (Å²) in [5, 5.41) is 2.69. The van der Waals surface area contributed by atoms with Gasteiger partial charge in [0.05, 0.1) is 24.3 Å². The first-order valence-electron chi connectivity index (χ1n) is 8.55. The van der Waals surface area contributed by atoms with Crippen LogP contribution in [-0.2, 0) is 10.9 Å². The molecule has 11 heteroatoms. The number of hydrogen-bond acceptors (Lipinski definition) is 5. The molecule has 1 aromatic carbocycles. The van der Waals surface area contributed by atoms with Gasteiger partial charge in [0.25, 0.3) is 0 Å². The highest BCUT2D eigenvalue weighted by Crippen LogP contribution is 2.31. The maximum Gasteiger partial charge on any atom is 0.416 e. The van der Waals surface area contributed by atoms with Crippen LogP contribution in [0.4, 0.5) is 23.5 Å². The zero-order valence-corrected chi connectivity index (χ0v) is 14.8. The predicted molar refractivity (Wildman–Crippen MR) is 92.0 cm³/mol. The van der Waals surface area contributed by atoms with E-state index in [1.807, 2.05) is 0 Å². The number of rotatable bonds is 4. The van der Waals surface area contributed by atoms with Gasteiger partial charge in [0.2, 0.25) is 5.95 Å². The second kappa shape index (κ2) is 7.74. The summed E-state index contributed by atoms with van der Waals surface area (Å²) in [6.07, 6.45) is -5.86. The maximum atomic E-state index is 14.0. The molecule has 0 aliphatic carbocycles. The van der Waals surface area contributed by atoms with Crippen molar-refractivity contribution in [3.05, 3.63) is 56.4 Å². The molecule has 1 aromatic heterocycles. The fraction of sp³-hybridized carbons (Fsp3) is 0.471. The van der Waals surface area contributed by atoms with E-state index in [-0.39, 0.29) is 31.1 Å². The van der Waals surface area contributed by atoms with Gasteiger partial charge in [-0.25, -0.2) is 18.5 Å². The van der Waals surface area contributed by atoms with Crippen molar-refractivity contribution in [3.8, 4) is 0 Å². The van der Waals surface area contributed by atoms with Gasteiger partial charge in [-0.1, -0.05) is 12.1 Å². The van der Waals surface area contributed by atoms with Gasteiger partial charge in [0.15, 0.2) is 0 Å². The van der Waals surface area contributed by atoms with Crippen molar-refractivity contribution < 1.29 is 22.3 Å². The highest BCUT2D eigenvalue weighted by molar-refractivity contribution is 5.33. The second-order valence-electron chi connectivity index (χ2n) is 6.48. The lowest BCUT2D eigenvalue weighted by atomic mass is 10.1. The Bertz CT molecular complexity index is 925. The van der Waals surface area contributed by atoms with E-state index < -0.39 is 41.4 Å². The zero-order chi connectivity index (χ0) is 20.5. The molecule has 7 nitrogen and oxygen atoms in total. The van der Waals surface area contributed by atoms with E-state index in [9.17, 15) is 27.2 Å². The van der Waals surface area contributed by atoms with E-state index >= 15 is 0 Å². The molecular formula is C17H18F4N4O3. The number of H-pyrrole nitrogens is 1. The van der Waals surface area contributed by atoms with Crippen LogP contribution in [0.2, 0.25) is 0 Å². The van der Waals surface area contributed by atoms with Crippen LogP contribution in [0, 0.1) is 0 Å². The van der Waals surface area contributed by atoms with Gasteiger partial charge >= 0.3 is 17.6 Å². The van der Waals surface area contributed by atoms with Crippen molar-refractivity contribution in [1.29, 1.82) is 0 Å². The number of nitrogens with zero attached hydrogens (tertiary/aromatic N) is 2. The summed E-state index contributed by atoms with van der Waals surface area (Å²) in [6, 6.07) is 2.98. The largest absolute Gasteiger partial charge is 0.416 e. The molecule has 0 bridgehead atoms. The summed E-state index contributed by atoms with van der Waals surface area (Å²) in [5.74, 6) is -0.210. The van der Waals surface area contributed by atoms with E-state index in [2.05, 4.69) is 15.3 Å². The Hall–Kier alpha value is -2.69. The molecule has 3 atom stereocenters. The standard InChI is InChI=1S/C17H18F4N4O3/c1-9(10-3-2-4-11(7-10)17(19,20)21)22-14-23-15(26)25(16(27)24-14)13-5-6-28-8-12(13)18/h2-4,7,9,12-13H,5-6,8H2,1H3,(H2,22,23,24,26,27)/t9-,12+,13-/m0/s1. The normalized spacial score (nSPS) is 21.3. The van der Waals surface area contributed by atoms with Gasteiger partial charge in [0.1, 0.15) is 6.17 Å². The summed E-state index contributed by atoms with van der Waals surface area (Å²) in [7, 11) is 0. The molecule has 152 valence electrons. The monoisotopic (exact) mass is 402 g/mol. The minimum absolute atomic E-state index is 0.152. The van der Waals surface area contributed by atoms with Gasteiger partial charge < -0.3 is 10.1 Å². The van der Waals surface area contributed by atoms with Crippen molar-refractivity contribution in [2.45, 2.75) is 37.8 Å². The summed E-state index contributed by atoms with van der Waals surface area (Å²) in [5.41, 5.74) is -2.33. The van der Waals surface area contributed by atoms with Crippen LogP contribution in [0.3, 0.4) is 0 Å². The Morgan fingerprint density at radius 2 is 2.11 bits per heavy atom. The Labute approximate surface area is 156 Å². The average molecular weight is 402 g/mol. The van der Waals surface area contributed by atoms with Gasteiger partial charge in [-0.3, -0.25) is 4.98 Å². The molecule has 0 amide bonds. The molecule has 1 saturated heterocycles. The minimum atomic E-state index is -4.49. The molecule has 2 aromatic rings. The molecule has 28 heavy (non-hydrogen) atoms. The Kier molecular flexibility index (Phi) is 5.54. The first-order valence-corrected chi connectivity index (χ1v) is 8.55. The molecule has 1 fully saturated rings. The van der Waals surface area contributed by atoms with Crippen LogP contribution in [0.1, 0.15) is 36.6 Å². The van der Waals surface area contributed by atoms with E-state index in [1.165, 1.54) is 12.1 Å². The summed E-state index contributed by atoms with van der Waals surface area (Å²) in [4.78, 5) is 30.6. The first kappa shape index (κ1) is 20.1. The summed E-state index contributed by atoms with van der Waals surface area (Å²) < 4.78 is 58.2. The van der Waals surface area contributed by atoms with Gasteiger partial charge in [0, 0.05) is 6.61 Å². The fourth-order valence-electron chi connectivity index (χ4n) is 3.04. The van der Waals surface area contributed by atoms with Crippen LogP contribution in [0.25, 0.3) is 0 Å². The molecular weight excluding hydrogens is 384 g/mol. The highest BCUT2D eigenvalue weighted by Gasteiger charge is 2.31. The minimum Gasteiger partial charge on any atom is -0.378 e. The number of benzene rings is 1. The Morgan fingerprint density at radius 3 is 2.75 bits per heavy atom. The van der Waals surface area contributed by atoms with Crippen LogP contribution in [-0.4, -0.2) is 33.9 Å². The number of alkyl halides is 4. The maximum absolute atomic E-state index is 14.0. The number of halogens is 4. The third-order valence-electron chi connectivity index (χ3n) is 4.51. The molecule has 0 spiro atoms. The second-order valence-corrected chi connectivity index (χ2v) is 6.48. The number of nitrogens with one attached hydrogen (secondary N) is 2. The number of hydrogen-bond donors (Lipinski definition) is 2. The molecule has 0 radical (unpaired) electrons. The van der Waals surface area contributed by atoms with Crippen LogP contribution < -0.4 is 16.7 Å². The van der Waals surface area contributed by atoms with Gasteiger partial charge in [-0.05, 0) is 31.0 Å². The Balaban J connectivity index is 1.84. The lowest BCUT2D eigenvalue weighted by molar-refractivity contribution is -0.137. The van der Waals surface area contributed by atoms with E-state index in [4.69, 9.17) is 4.74 Å². The topological polar surface area (TPSA) is 89.0 Å². The quantitative estimate of drug-likeness (QED) is 0.767. The third-order valence-corrected chi connectivity index (χ3v) is 4.51. The molecule has 1 aliphatic heterocycles. The lowest BCUT2D eigenvalue weighted by Crippen LogP contribution is -2.46. The lowest BCUT2D eigenvalue weighted by Gasteiger charge is -2.26. The van der Waals surface area contributed by atoms with Gasteiger partial charge in [-0.2, -0.15) is 18.2 Å². The highest BCUT2D eigenvalue weighted by atomic mass is 19.4. The molecule has 3 rings (SSSR count). The van der Waals surface area contributed by atoms with Crippen molar-refractivity contribution >= 4 is 5.95 Å². The van der Waals surface area contributed by atoms with Crippen LogP contribution in [0.5, 0.6) is 0 Å². The van der Waals surface area contributed by atoms with E-state index in [0.29, 0.717) is 4.57 Å². The number of aromatic nitrogens is 3. The number of ether oxygens (including phenoxy) is 1. The molecule has 1 aliphatic rings. The SMILES string of the molecule is C[C@H](Nc1nc(=O)n([C@H]2CCOC[C@H]2F)c(=O)[nH]1)c1cccc(C(F)(F)F)c1. The summed E-state index contributed by atoms with van der Waals surface area (Å²) in [6.45, 7) is 1.55. The number of aromatic amines is 1. The summed E-state index contributed by atoms with van der Waals surface area (Å²) >= 11 is 0. The first-order chi connectivity index (χ1) is 13.2. The van der Waals surface area contributed by atoms with Crippen molar-refractivity contribution in [2.24, 2.45) is 0 Å². The van der Waals surface area contributed by atoms with E-state index in [1.54, 1.807) is 6.92 Å². The smallest absolute Gasteiger partial charge is 0.378 e. The molecule has 0 saturated carbocycles. The van der Waals surface area contributed by atoms with E-state index in [0.717, 1.165) is 12.1 Å². The predicted octanol–water partition coefficient (Wildman–Crippen LogP) is 2.42. The fourth-order valence-corrected chi connectivity index (χ4v) is 3.04. The van der Waals surface area contributed by atoms with Crippen LogP contribution in [0.15, 0.2) is 33.9 Å². The van der Waals surface area contributed by atoms with Crippen molar-refractivity contribution in [3.63, 3.8) is 0 Å². The van der Waals surface area contributed by atoms with Gasteiger partial charge in [-0.15, -0.1) is 0 Å². The Morgan fingerprint density at radius 1 is 1.36 bits per heavy atom. The molecule has 0 unspecified atom stereocenters. The third kappa shape index (κ3) is 4.24. The molecule has 2 heterocycles. The van der Waals surface area contributed by atoms with Crippen molar-refractivity contribution in [2.75, 3.05) is 18.5 Å². The number of anilines is 1. The van der Waals surface area contributed by atoms with Crippen LogP contribution >= 0.6 is 0 Å². The molecule has 2 N–H and O–H groups in total. The average Bonchev–Trinajstić information content (AvgIpc) is 2.62. The van der Waals surface area contributed by atoms with Crippen molar-refractivity contribution in [1.82, 2.24) is 14.5 Å². The zero-order valence-electron chi connectivity index (χ0n) is 14.8.